The fourth-order valence-electron chi connectivity index (χ4n) is 4.73. The zero-order valence-electron chi connectivity index (χ0n) is 20.5. The molecule has 2 N–H and O–H groups in total. The first kappa shape index (κ1) is 24.9. The van der Waals surface area contributed by atoms with Crippen molar-refractivity contribution in [3.63, 3.8) is 0 Å². The number of carbonyl (C=O) groups is 1. The summed E-state index contributed by atoms with van der Waals surface area (Å²) in [6.45, 7) is 3.25. The van der Waals surface area contributed by atoms with Crippen LogP contribution in [0.3, 0.4) is 0 Å². The number of rotatable bonds is 9. The van der Waals surface area contributed by atoms with Gasteiger partial charge in [-0.1, -0.05) is 42.5 Å². The minimum absolute atomic E-state index is 0.0634. The number of nitrogens with zero attached hydrogens (tertiary/aromatic N) is 3. The van der Waals surface area contributed by atoms with Crippen LogP contribution in [0.15, 0.2) is 85.2 Å². The van der Waals surface area contributed by atoms with E-state index in [9.17, 15) is 15.3 Å². The molecule has 1 aliphatic heterocycles. The molecule has 5 rings (SSSR count). The number of hydrogen-bond acceptors (Lipinski definition) is 5. The summed E-state index contributed by atoms with van der Waals surface area (Å²) in [5.41, 5.74) is 3.57. The molecule has 0 aliphatic carbocycles. The lowest BCUT2D eigenvalue weighted by molar-refractivity contribution is 0.0941. The molecule has 1 unspecified atom stereocenters. The molecule has 3 heterocycles. The van der Waals surface area contributed by atoms with Gasteiger partial charge >= 0.3 is 0 Å². The Bertz CT molecular complexity index is 1380. The maximum absolute atomic E-state index is 13.3. The molecule has 1 amide bonds. The molecule has 6 nitrogen and oxygen atoms in total. The third-order valence-corrected chi connectivity index (χ3v) is 7.79. The molecule has 1 fully saturated rings. The maximum atomic E-state index is 13.3. The monoisotopic (exact) mass is 509 g/mol. The third kappa shape index (κ3) is 6.13. The van der Waals surface area contributed by atoms with Gasteiger partial charge in [-0.25, -0.2) is 0 Å². The predicted molar refractivity (Wildman–Crippen MR) is 149 cm³/mol. The van der Waals surface area contributed by atoms with E-state index >= 15 is 0 Å². The van der Waals surface area contributed by atoms with Crippen LogP contribution in [0.25, 0.3) is 15.8 Å². The van der Waals surface area contributed by atoms with Gasteiger partial charge in [0.2, 0.25) is 0 Å². The summed E-state index contributed by atoms with van der Waals surface area (Å²) in [4.78, 5) is 21.4. The molecule has 0 radical (unpaired) electrons. The van der Waals surface area contributed by atoms with Crippen molar-refractivity contribution in [1.82, 2.24) is 15.2 Å². The highest BCUT2D eigenvalue weighted by Crippen LogP contribution is 2.31. The second-order valence-corrected chi connectivity index (χ2v) is 10.4. The standard InChI is InChI=1S/C30H29N4O2S/c31-25(23-9-6-14-32-19-23)18-26(24-10-1-2-11-27(24)35)33-30(36)29-13-12-28(37-29)22-8-5-7-21(17-22)20-34-15-3-4-16-34/h1-2,5-14,17,19,26,35H,3-4,15-16,18,20H2,(H,33,36)/q-1. The number of phenolic OH excluding ortho intramolecular Hbond substituents is 1. The summed E-state index contributed by atoms with van der Waals surface area (Å²) in [5, 5.41) is 24.2. The van der Waals surface area contributed by atoms with Crippen LogP contribution in [0.4, 0.5) is 0 Å². The molecular formula is C30H29N4O2S-. The number of benzene rings is 2. The summed E-state index contributed by atoms with van der Waals surface area (Å²) in [6, 6.07) is 22.1. The molecule has 2 aromatic heterocycles. The average Bonchev–Trinajstić information content (AvgIpc) is 3.62. The summed E-state index contributed by atoms with van der Waals surface area (Å²) in [5.74, 6) is -0.190. The zero-order chi connectivity index (χ0) is 25.6. The smallest absolute Gasteiger partial charge is 0.261 e. The van der Waals surface area contributed by atoms with Crippen LogP contribution >= 0.6 is 11.3 Å². The van der Waals surface area contributed by atoms with E-state index in [1.165, 1.54) is 29.7 Å². The number of nitrogens with one attached hydrogen (secondary N) is 1. The fourth-order valence-corrected chi connectivity index (χ4v) is 5.64. The van der Waals surface area contributed by atoms with E-state index in [2.05, 4.69) is 39.5 Å². The Morgan fingerprint density at radius 1 is 1.05 bits per heavy atom. The molecule has 37 heavy (non-hydrogen) atoms. The lowest BCUT2D eigenvalue weighted by Crippen LogP contribution is -2.29. The normalized spacial score (nSPS) is 14.4. The Balaban J connectivity index is 1.33. The van der Waals surface area contributed by atoms with Gasteiger partial charge in [0.25, 0.3) is 5.91 Å². The van der Waals surface area contributed by atoms with Gasteiger partial charge in [0.15, 0.2) is 0 Å². The fraction of sp³-hybridized carbons (Fsp3) is 0.233. The highest BCUT2D eigenvalue weighted by atomic mass is 32.1. The first-order valence-electron chi connectivity index (χ1n) is 12.5. The molecule has 0 saturated carbocycles. The van der Waals surface area contributed by atoms with E-state index in [0.29, 0.717) is 16.0 Å². The topological polar surface area (TPSA) is 87.8 Å². The van der Waals surface area contributed by atoms with Crippen LogP contribution in [0.1, 0.15) is 51.7 Å². The molecule has 4 aromatic rings. The second-order valence-electron chi connectivity index (χ2n) is 9.32. The lowest BCUT2D eigenvalue weighted by Gasteiger charge is -2.24. The number of amides is 1. The van der Waals surface area contributed by atoms with E-state index in [1.807, 2.05) is 12.1 Å². The molecule has 0 spiro atoms. The molecule has 7 heteroatoms. The van der Waals surface area contributed by atoms with E-state index < -0.39 is 6.04 Å². The van der Waals surface area contributed by atoms with Crippen LogP contribution < -0.4 is 5.32 Å². The highest BCUT2D eigenvalue weighted by Gasteiger charge is 2.20. The van der Waals surface area contributed by atoms with Gasteiger partial charge < -0.3 is 15.8 Å². The average molecular weight is 510 g/mol. The number of phenols is 1. The number of para-hydroxylation sites is 1. The molecule has 1 atom stereocenters. The van der Waals surface area contributed by atoms with E-state index in [-0.39, 0.29) is 23.8 Å². The first-order chi connectivity index (χ1) is 18.1. The number of likely N-dealkylation sites (tertiary alicyclic amines) is 1. The van der Waals surface area contributed by atoms with Gasteiger partial charge in [0.1, 0.15) is 5.75 Å². The van der Waals surface area contributed by atoms with Gasteiger partial charge in [0, 0.05) is 29.4 Å². The molecule has 1 aliphatic rings. The van der Waals surface area contributed by atoms with Crippen LogP contribution in [0, 0.1) is 0 Å². The number of aromatic nitrogens is 1. The van der Waals surface area contributed by atoms with Crippen molar-refractivity contribution in [2.75, 3.05) is 13.1 Å². The van der Waals surface area contributed by atoms with Crippen LogP contribution in [0.5, 0.6) is 5.75 Å². The number of carbonyl (C=O) groups excluding carboxylic acids is 1. The molecule has 1 saturated heterocycles. The van der Waals surface area contributed by atoms with Crippen LogP contribution in [-0.2, 0) is 6.54 Å². The number of aromatic hydroxyl groups is 1. The van der Waals surface area contributed by atoms with E-state index in [4.69, 9.17) is 0 Å². The minimum atomic E-state index is -0.622. The van der Waals surface area contributed by atoms with Crippen LogP contribution in [-0.4, -0.2) is 39.7 Å². The highest BCUT2D eigenvalue weighted by molar-refractivity contribution is 7.17. The van der Waals surface area contributed by atoms with Crippen molar-refractivity contribution < 1.29 is 9.90 Å². The van der Waals surface area contributed by atoms with Crippen molar-refractivity contribution in [2.45, 2.75) is 31.8 Å². The maximum Gasteiger partial charge on any atom is 0.261 e. The second kappa shape index (κ2) is 11.5. The molecular weight excluding hydrogens is 480 g/mol. The van der Waals surface area contributed by atoms with Crippen molar-refractivity contribution >= 4 is 23.0 Å². The van der Waals surface area contributed by atoms with Gasteiger partial charge in [-0.2, -0.15) is 5.71 Å². The Kier molecular flexibility index (Phi) is 7.73. The largest absolute Gasteiger partial charge is 0.807 e. The lowest BCUT2D eigenvalue weighted by atomic mass is 9.97. The molecule has 0 bridgehead atoms. The van der Waals surface area contributed by atoms with Gasteiger partial charge in [0.05, 0.1) is 10.9 Å². The van der Waals surface area contributed by atoms with Crippen molar-refractivity contribution in [3.8, 4) is 16.2 Å². The summed E-state index contributed by atoms with van der Waals surface area (Å²) >= 11 is 1.43. The summed E-state index contributed by atoms with van der Waals surface area (Å²) < 4.78 is 0. The van der Waals surface area contributed by atoms with Gasteiger partial charge in [-0.15, -0.1) is 11.3 Å². The Labute approximate surface area is 221 Å². The summed E-state index contributed by atoms with van der Waals surface area (Å²) in [6.07, 6.45) is 5.86. The quantitative estimate of drug-likeness (QED) is 0.270. The SMILES string of the molecule is [N-]=C(CC(NC(=O)c1ccc(-c2cccc(CN3CCCC3)c2)s1)c1ccccc1O)c1cccnc1. The van der Waals surface area contributed by atoms with Crippen molar-refractivity contribution in [1.29, 1.82) is 0 Å². The number of hydrogen-bond donors (Lipinski definition) is 2. The Morgan fingerprint density at radius 2 is 1.89 bits per heavy atom. The minimum Gasteiger partial charge on any atom is -0.807 e. The zero-order valence-corrected chi connectivity index (χ0v) is 21.3. The van der Waals surface area contributed by atoms with Crippen molar-refractivity contribution in [2.24, 2.45) is 0 Å². The predicted octanol–water partition coefficient (Wildman–Crippen LogP) is 6.03. The summed E-state index contributed by atoms with van der Waals surface area (Å²) in [7, 11) is 0. The van der Waals surface area contributed by atoms with E-state index in [1.54, 1.807) is 48.8 Å². The van der Waals surface area contributed by atoms with Crippen LogP contribution in [0.2, 0.25) is 0 Å². The first-order valence-corrected chi connectivity index (χ1v) is 13.3. The third-order valence-electron chi connectivity index (χ3n) is 6.66. The van der Waals surface area contributed by atoms with Gasteiger partial charge in [-0.05, 0) is 79.4 Å². The van der Waals surface area contributed by atoms with Gasteiger partial charge in [-0.3, -0.25) is 14.7 Å². The Hall–Kier alpha value is -3.81. The number of pyridine rings is 1. The number of thiophene rings is 1. The molecule has 2 aromatic carbocycles. The van der Waals surface area contributed by atoms with Crippen molar-refractivity contribution in [3.05, 3.63) is 112 Å². The Morgan fingerprint density at radius 3 is 2.68 bits per heavy atom. The van der Waals surface area contributed by atoms with E-state index in [0.717, 1.165) is 30.1 Å². The molecule has 188 valence electrons.